The molecule has 0 heterocycles. The van der Waals surface area contributed by atoms with Crippen LogP contribution in [0.15, 0.2) is 0 Å². The minimum absolute atomic E-state index is 0.691. The Morgan fingerprint density at radius 2 is 1.82 bits per heavy atom. The average molecular weight is 264 g/mol. The van der Waals surface area contributed by atoms with Crippen molar-refractivity contribution in [1.82, 2.24) is 5.32 Å². The van der Waals surface area contributed by atoms with Crippen molar-refractivity contribution in [3.63, 3.8) is 0 Å². The first-order valence-electron chi connectivity index (χ1n) is 6.39. The smallest absolute Gasteiger partial charge is 0.377 e. The molecule has 0 aromatic rings. The molecule has 6 heteroatoms. The molecule has 0 rings (SSSR count). The van der Waals surface area contributed by atoms with Crippen LogP contribution in [0.25, 0.3) is 0 Å². The summed E-state index contributed by atoms with van der Waals surface area (Å²) in [5.74, 6) is 0. The molecular weight excluding hydrogens is 236 g/mol. The standard InChI is InChI=1S/C11H28N2O3Si/c1-4-11-17(14-2,15-3)16-10-6-5-8-13-9-7-12/h13H,4-12H2,1-3H3. The maximum absolute atomic E-state index is 5.82. The van der Waals surface area contributed by atoms with Crippen LogP contribution in [0.5, 0.6) is 0 Å². The molecule has 0 saturated carbocycles. The van der Waals surface area contributed by atoms with E-state index in [0.717, 1.165) is 38.4 Å². The Bertz CT molecular complexity index is 169. The van der Waals surface area contributed by atoms with E-state index >= 15 is 0 Å². The summed E-state index contributed by atoms with van der Waals surface area (Å²) in [6, 6.07) is 0.880. The van der Waals surface area contributed by atoms with Crippen molar-refractivity contribution in [2.24, 2.45) is 5.73 Å². The Morgan fingerprint density at radius 1 is 1.12 bits per heavy atom. The summed E-state index contributed by atoms with van der Waals surface area (Å²) < 4.78 is 16.7. The van der Waals surface area contributed by atoms with Crippen molar-refractivity contribution >= 4 is 8.80 Å². The zero-order chi connectivity index (χ0) is 13.0. The lowest BCUT2D eigenvalue weighted by Crippen LogP contribution is -2.43. The van der Waals surface area contributed by atoms with Crippen LogP contribution in [-0.4, -0.2) is 49.3 Å². The van der Waals surface area contributed by atoms with Gasteiger partial charge in [0.2, 0.25) is 0 Å². The molecule has 0 amide bonds. The quantitative estimate of drug-likeness (QED) is 0.406. The number of nitrogens with two attached hydrogens (primary N) is 1. The van der Waals surface area contributed by atoms with Crippen molar-refractivity contribution in [3.05, 3.63) is 0 Å². The van der Waals surface area contributed by atoms with Crippen LogP contribution in [0, 0.1) is 0 Å². The van der Waals surface area contributed by atoms with Gasteiger partial charge in [0.1, 0.15) is 0 Å². The molecule has 5 nitrogen and oxygen atoms in total. The SMILES string of the molecule is CCC[Si](OC)(OC)OCCCCNCCN. The van der Waals surface area contributed by atoms with Gasteiger partial charge in [-0.1, -0.05) is 13.3 Å². The number of rotatable bonds is 12. The van der Waals surface area contributed by atoms with Gasteiger partial charge < -0.3 is 24.3 Å². The number of hydrogen-bond acceptors (Lipinski definition) is 5. The molecule has 0 unspecified atom stereocenters. The molecule has 0 bridgehead atoms. The zero-order valence-electron chi connectivity index (χ0n) is 11.5. The first-order valence-corrected chi connectivity index (χ1v) is 8.33. The van der Waals surface area contributed by atoms with Gasteiger partial charge in [-0.05, 0) is 19.4 Å². The largest absolute Gasteiger partial charge is 0.500 e. The molecule has 3 N–H and O–H groups in total. The van der Waals surface area contributed by atoms with E-state index in [1.165, 1.54) is 0 Å². The maximum atomic E-state index is 5.82. The minimum atomic E-state index is -2.36. The normalized spacial score (nSPS) is 12.0. The Hall–Kier alpha value is 0.0169. The fourth-order valence-corrected chi connectivity index (χ4v) is 3.61. The van der Waals surface area contributed by atoms with Crippen LogP contribution in [-0.2, 0) is 13.3 Å². The van der Waals surface area contributed by atoms with Crippen LogP contribution in [0.2, 0.25) is 6.04 Å². The molecule has 0 saturated heterocycles. The van der Waals surface area contributed by atoms with Crippen molar-refractivity contribution < 1.29 is 13.3 Å². The van der Waals surface area contributed by atoms with E-state index in [9.17, 15) is 0 Å². The first kappa shape index (κ1) is 17.0. The third kappa shape index (κ3) is 7.85. The van der Waals surface area contributed by atoms with Crippen LogP contribution in [0.4, 0.5) is 0 Å². The lowest BCUT2D eigenvalue weighted by molar-refractivity contribution is 0.0963. The van der Waals surface area contributed by atoms with Gasteiger partial charge in [-0.25, -0.2) is 0 Å². The molecular formula is C11H28N2O3Si. The molecule has 17 heavy (non-hydrogen) atoms. The van der Waals surface area contributed by atoms with Crippen molar-refractivity contribution in [3.8, 4) is 0 Å². The van der Waals surface area contributed by atoms with Gasteiger partial charge in [0, 0.05) is 40.0 Å². The Labute approximate surface area is 106 Å². The second-order valence-corrected chi connectivity index (χ2v) is 6.91. The number of hydrogen-bond donors (Lipinski definition) is 2. The van der Waals surface area contributed by atoms with Gasteiger partial charge in [0.05, 0.1) is 0 Å². The Morgan fingerprint density at radius 3 is 2.35 bits per heavy atom. The van der Waals surface area contributed by atoms with Crippen LogP contribution in [0.3, 0.4) is 0 Å². The van der Waals surface area contributed by atoms with E-state index in [-0.39, 0.29) is 0 Å². The van der Waals surface area contributed by atoms with Gasteiger partial charge in [-0.2, -0.15) is 0 Å². The Kier molecular flexibility index (Phi) is 11.1. The molecule has 0 aromatic carbocycles. The third-order valence-corrected chi connectivity index (χ3v) is 5.57. The highest BCUT2D eigenvalue weighted by molar-refractivity contribution is 6.60. The van der Waals surface area contributed by atoms with Crippen LogP contribution < -0.4 is 11.1 Å². The first-order chi connectivity index (χ1) is 8.24. The fourth-order valence-electron chi connectivity index (χ4n) is 1.59. The lowest BCUT2D eigenvalue weighted by Gasteiger charge is -2.25. The molecule has 104 valence electrons. The van der Waals surface area contributed by atoms with E-state index in [2.05, 4.69) is 12.2 Å². The van der Waals surface area contributed by atoms with Gasteiger partial charge >= 0.3 is 8.80 Å². The summed E-state index contributed by atoms with van der Waals surface area (Å²) in [6.07, 6.45) is 3.12. The molecule has 0 atom stereocenters. The monoisotopic (exact) mass is 264 g/mol. The summed E-state index contributed by atoms with van der Waals surface area (Å²) in [7, 11) is 0.990. The second kappa shape index (κ2) is 11.1. The average Bonchev–Trinajstić information content (AvgIpc) is 2.36. The molecule has 0 aromatic heterocycles. The van der Waals surface area contributed by atoms with Gasteiger partial charge in [-0.15, -0.1) is 0 Å². The van der Waals surface area contributed by atoms with Gasteiger partial charge in [0.25, 0.3) is 0 Å². The molecule has 0 aliphatic carbocycles. The molecule has 0 aliphatic heterocycles. The Balaban J connectivity index is 3.61. The minimum Gasteiger partial charge on any atom is -0.377 e. The summed E-state index contributed by atoms with van der Waals surface area (Å²) in [5.41, 5.74) is 5.38. The fraction of sp³-hybridized carbons (Fsp3) is 1.00. The van der Waals surface area contributed by atoms with E-state index < -0.39 is 8.80 Å². The topological polar surface area (TPSA) is 65.7 Å². The highest BCUT2D eigenvalue weighted by atomic mass is 28.4. The highest BCUT2D eigenvalue weighted by Gasteiger charge is 2.37. The number of unbranched alkanes of at least 4 members (excludes halogenated alkanes) is 1. The van der Waals surface area contributed by atoms with Crippen molar-refractivity contribution in [1.29, 1.82) is 0 Å². The number of nitrogens with one attached hydrogen (secondary N) is 1. The molecule has 0 spiro atoms. The van der Waals surface area contributed by atoms with E-state index in [1.54, 1.807) is 14.2 Å². The zero-order valence-corrected chi connectivity index (χ0v) is 12.5. The summed E-state index contributed by atoms with van der Waals surface area (Å²) >= 11 is 0. The van der Waals surface area contributed by atoms with Crippen molar-refractivity contribution in [2.45, 2.75) is 32.2 Å². The second-order valence-electron chi connectivity index (χ2n) is 3.94. The van der Waals surface area contributed by atoms with E-state index in [1.807, 2.05) is 0 Å². The summed E-state index contributed by atoms with van der Waals surface area (Å²) in [4.78, 5) is 0. The van der Waals surface area contributed by atoms with Crippen LogP contribution >= 0.6 is 0 Å². The van der Waals surface area contributed by atoms with Gasteiger partial charge in [0.15, 0.2) is 0 Å². The highest BCUT2D eigenvalue weighted by Crippen LogP contribution is 2.16. The van der Waals surface area contributed by atoms with Crippen molar-refractivity contribution in [2.75, 3.05) is 40.5 Å². The summed E-state index contributed by atoms with van der Waals surface area (Å²) in [5, 5.41) is 3.25. The third-order valence-electron chi connectivity index (χ3n) is 2.57. The predicted molar refractivity (Wildman–Crippen MR) is 72.0 cm³/mol. The van der Waals surface area contributed by atoms with E-state index in [0.29, 0.717) is 13.2 Å². The summed E-state index contributed by atoms with van der Waals surface area (Å²) in [6.45, 7) is 5.38. The molecule has 0 radical (unpaired) electrons. The lowest BCUT2D eigenvalue weighted by atomic mass is 10.3. The molecule has 0 aliphatic rings. The molecule has 0 fully saturated rings. The van der Waals surface area contributed by atoms with Crippen LogP contribution in [0.1, 0.15) is 26.2 Å². The predicted octanol–water partition coefficient (Wildman–Crippen LogP) is 0.973. The van der Waals surface area contributed by atoms with E-state index in [4.69, 9.17) is 19.0 Å². The maximum Gasteiger partial charge on any atom is 0.500 e. The van der Waals surface area contributed by atoms with Gasteiger partial charge in [-0.3, -0.25) is 0 Å².